The minimum Gasteiger partial charge on any atom is -0.224 e. The zero-order chi connectivity index (χ0) is 17.1. The fourth-order valence-electron chi connectivity index (χ4n) is 1.94. The predicted molar refractivity (Wildman–Crippen MR) is 84.6 cm³/mol. The quantitative estimate of drug-likeness (QED) is 0.773. The van der Waals surface area contributed by atoms with Gasteiger partial charge in [-0.25, -0.2) is 8.42 Å². The van der Waals surface area contributed by atoms with Crippen molar-refractivity contribution in [3.8, 4) is 0 Å². The normalized spacial score (nSPS) is 12.7. The summed E-state index contributed by atoms with van der Waals surface area (Å²) in [5.41, 5.74) is -0.569. The molecule has 0 aliphatic rings. The van der Waals surface area contributed by atoms with Crippen molar-refractivity contribution in [2.24, 2.45) is 0 Å². The molecule has 0 fully saturated rings. The van der Waals surface area contributed by atoms with Gasteiger partial charge in [-0.1, -0.05) is 41.9 Å². The molecule has 7 heteroatoms. The highest BCUT2D eigenvalue weighted by Crippen LogP contribution is 2.32. The Morgan fingerprint density at radius 1 is 1.00 bits per heavy atom. The van der Waals surface area contributed by atoms with E-state index >= 15 is 0 Å². The van der Waals surface area contributed by atoms with E-state index in [1.54, 1.807) is 24.3 Å². The first-order valence-electron chi connectivity index (χ1n) is 6.49. The molecule has 0 bridgehead atoms. The van der Waals surface area contributed by atoms with Crippen molar-refractivity contribution < 1.29 is 21.6 Å². The van der Waals surface area contributed by atoms with Crippen LogP contribution in [0.5, 0.6) is 0 Å². The number of alkyl halides is 3. The average Bonchev–Trinajstić information content (AvgIpc) is 2.47. The van der Waals surface area contributed by atoms with E-state index in [1.807, 2.05) is 0 Å². The standard InChI is InChI=1S/C16H12ClF3O2S/c17-14-7-5-12(6-8-14)11-23(21,22)10-9-13-3-1-2-4-15(13)16(18,19)20/h1-10H,11H2/b10-9+. The summed E-state index contributed by atoms with van der Waals surface area (Å²) in [7, 11) is -3.70. The van der Waals surface area contributed by atoms with Crippen LogP contribution < -0.4 is 0 Å². The third-order valence-electron chi connectivity index (χ3n) is 3.00. The molecule has 0 N–H and O–H groups in total. The number of hydrogen-bond acceptors (Lipinski definition) is 2. The van der Waals surface area contributed by atoms with Gasteiger partial charge in [-0.2, -0.15) is 13.2 Å². The molecule has 0 aliphatic heterocycles. The van der Waals surface area contributed by atoms with Crippen LogP contribution in [0.4, 0.5) is 13.2 Å². The topological polar surface area (TPSA) is 34.1 Å². The lowest BCUT2D eigenvalue weighted by atomic mass is 10.1. The Morgan fingerprint density at radius 3 is 2.22 bits per heavy atom. The van der Waals surface area contributed by atoms with E-state index in [9.17, 15) is 21.6 Å². The van der Waals surface area contributed by atoms with Gasteiger partial charge in [-0.15, -0.1) is 0 Å². The van der Waals surface area contributed by atoms with Gasteiger partial charge in [-0.05, 0) is 35.4 Å². The van der Waals surface area contributed by atoms with Crippen LogP contribution in [0.3, 0.4) is 0 Å². The Morgan fingerprint density at radius 2 is 1.61 bits per heavy atom. The highest BCUT2D eigenvalue weighted by Gasteiger charge is 2.32. The van der Waals surface area contributed by atoms with Crippen molar-refractivity contribution in [1.82, 2.24) is 0 Å². The predicted octanol–water partition coefficient (Wildman–Crippen LogP) is 4.94. The lowest BCUT2D eigenvalue weighted by Crippen LogP contribution is -2.07. The lowest BCUT2D eigenvalue weighted by molar-refractivity contribution is -0.137. The maximum atomic E-state index is 12.9. The molecule has 0 atom stereocenters. The maximum Gasteiger partial charge on any atom is 0.416 e. The fraction of sp³-hybridized carbons (Fsp3) is 0.125. The van der Waals surface area contributed by atoms with Crippen molar-refractivity contribution in [2.75, 3.05) is 0 Å². The van der Waals surface area contributed by atoms with Gasteiger partial charge >= 0.3 is 6.18 Å². The summed E-state index contributed by atoms with van der Waals surface area (Å²) in [6.07, 6.45) is -3.57. The van der Waals surface area contributed by atoms with E-state index in [0.717, 1.165) is 17.6 Å². The van der Waals surface area contributed by atoms with Gasteiger partial charge in [0.2, 0.25) is 0 Å². The van der Waals surface area contributed by atoms with E-state index in [1.165, 1.54) is 18.2 Å². The van der Waals surface area contributed by atoms with Gasteiger partial charge in [0.15, 0.2) is 9.84 Å². The zero-order valence-electron chi connectivity index (χ0n) is 11.7. The molecule has 0 unspecified atom stereocenters. The molecule has 0 saturated carbocycles. The summed E-state index contributed by atoms with van der Waals surface area (Å²) in [5, 5.41) is 1.27. The van der Waals surface area contributed by atoms with E-state index in [2.05, 4.69) is 0 Å². The van der Waals surface area contributed by atoms with Crippen molar-refractivity contribution in [1.29, 1.82) is 0 Å². The summed E-state index contributed by atoms with van der Waals surface area (Å²) in [6, 6.07) is 11.0. The highest BCUT2D eigenvalue weighted by atomic mass is 35.5. The minimum absolute atomic E-state index is 0.195. The molecular formula is C16H12ClF3O2S. The van der Waals surface area contributed by atoms with E-state index < -0.39 is 21.6 Å². The molecular weight excluding hydrogens is 349 g/mol. The van der Waals surface area contributed by atoms with Crippen LogP contribution in [0.1, 0.15) is 16.7 Å². The monoisotopic (exact) mass is 360 g/mol. The Balaban J connectivity index is 2.24. The molecule has 0 saturated heterocycles. The summed E-state index contributed by atoms with van der Waals surface area (Å²) < 4.78 is 62.6. The largest absolute Gasteiger partial charge is 0.416 e. The first-order valence-corrected chi connectivity index (χ1v) is 8.58. The number of sulfone groups is 1. The van der Waals surface area contributed by atoms with Gasteiger partial charge in [-0.3, -0.25) is 0 Å². The summed E-state index contributed by atoms with van der Waals surface area (Å²) in [6.45, 7) is 0. The summed E-state index contributed by atoms with van der Waals surface area (Å²) >= 11 is 5.71. The molecule has 0 aromatic heterocycles. The van der Waals surface area contributed by atoms with E-state index in [4.69, 9.17) is 11.6 Å². The van der Waals surface area contributed by atoms with E-state index in [-0.39, 0.29) is 11.3 Å². The summed E-state index contributed by atoms with van der Waals surface area (Å²) in [5.74, 6) is -0.311. The molecule has 0 heterocycles. The molecule has 0 amide bonds. The minimum atomic E-state index is -4.54. The molecule has 122 valence electrons. The van der Waals surface area contributed by atoms with Crippen molar-refractivity contribution in [3.63, 3.8) is 0 Å². The van der Waals surface area contributed by atoms with Gasteiger partial charge in [0.25, 0.3) is 0 Å². The molecule has 0 radical (unpaired) electrons. The molecule has 2 nitrogen and oxygen atoms in total. The van der Waals surface area contributed by atoms with Gasteiger partial charge in [0, 0.05) is 10.4 Å². The molecule has 0 spiro atoms. The summed E-state index contributed by atoms with van der Waals surface area (Å²) in [4.78, 5) is 0. The van der Waals surface area contributed by atoms with Crippen LogP contribution in [0.15, 0.2) is 53.9 Å². The first-order chi connectivity index (χ1) is 10.7. The van der Waals surface area contributed by atoms with Crippen LogP contribution in [-0.2, 0) is 21.8 Å². The third-order valence-corrected chi connectivity index (χ3v) is 4.54. The van der Waals surface area contributed by atoms with Crippen molar-refractivity contribution in [3.05, 3.63) is 75.7 Å². The smallest absolute Gasteiger partial charge is 0.224 e. The Labute approximate surface area is 137 Å². The second-order valence-electron chi connectivity index (χ2n) is 4.82. The van der Waals surface area contributed by atoms with Crippen LogP contribution >= 0.6 is 11.6 Å². The van der Waals surface area contributed by atoms with Crippen LogP contribution in [0.25, 0.3) is 6.08 Å². The second-order valence-corrected chi connectivity index (χ2v) is 7.14. The van der Waals surface area contributed by atoms with Crippen molar-refractivity contribution in [2.45, 2.75) is 11.9 Å². The van der Waals surface area contributed by atoms with Crippen LogP contribution in [0.2, 0.25) is 5.02 Å². The maximum absolute atomic E-state index is 12.9. The fourth-order valence-corrected chi connectivity index (χ4v) is 3.17. The molecule has 2 aromatic carbocycles. The number of halogens is 4. The Kier molecular flexibility index (Phi) is 5.16. The van der Waals surface area contributed by atoms with Gasteiger partial charge in [0.05, 0.1) is 11.3 Å². The third kappa shape index (κ3) is 5.11. The molecule has 2 aromatic rings. The van der Waals surface area contributed by atoms with Crippen LogP contribution in [0, 0.1) is 0 Å². The molecule has 2 rings (SSSR count). The average molecular weight is 361 g/mol. The second kappa shape index (κ2) is 6.76. The van der Waals surface area contributed by atoms with Crippen molar-refractivity contribution >= 4 is 27.5 Å². The van der Waals surface area contributed by atoms with Crippen LogP contribution in [-0.4, -0.2) is 8.42 Å². The Hall–Kier alpha value is -1.79. The van der Waals surface area contributed by atoms with Gasteiger partial charge < -0.3 is 0 Å². The lowest BCUT2D eigenvalue weighted by Gasteiger charge is -2.09. The van der Waals surface area contributed by atoms with Gasteiger partial charge in [0.1, 0.15) is 0 Å². The highest BCUT2D eigenvalue weighted by molar-refractivity contribution is 7.93. The zero-order valence-corrected chi connectivity index (χ0v) is 13.3. The Bertz CT molecular complexity index is 810. The SMILES string of the molecule is O=S(=O)(/C=C/c1ccccc1C(F)(F)F)Cc1ccc(Cl)cc1. The molecule has 23 heavy (non-hydrogen) atoms. The number of hydrogen-bond donors (Lipinski definition) is 0. The molecule has 0 aliphatic carbocycles. The number of rotatable bonds is 4. The first kappa shape index (κ1) is 17.6. The van der Waals surface area contributed by atoms with E-state index in [0.29, 0.717) is 10.6 Å². The number of benzene rings is 2.